The van der Waals surface area contributed by atoms with Gasteiger partial charge in [0.1, 0.15) is 11.5 Å². The summed E-state index contributed by atoms with van der Waals surface area (Å²) in [5.74, 6) is 0.760. The third kappa shape index (κ3) is 4.88. The molecule has 0 aliphatic rings. The summed E-state index contributed by atoms with van der Waals surface area (Å²) in [5.41, 5.74) is 4.10. The number of pyridine rings is 1. The molecule has 0 aliphatic carbocycles. The number of aromatic nitrogens is 1. The predicted molar refractivity (Wildman–Crippen MR) is 129 cm³/mol. The van der Waals surface area contributed by atoms with Crippen molar-refractivity contribution in [3.8, 4) is 5.75 Å². The molecule has 6 nitrogen and oxygen atoms in total. The number of carbonyl (C=O) groups excluding carboxylic acids is 1. The standard InChI is InChI=1S/C26H24N2O4S/c1-17-14-26(24-16-21(32-3)8-13-25(24)27-17)28-20-6-11-23(12-7-20)33(30,31)22-9-4-19(5-10-22)15-18(2)29/h4-14,16H,15H2,1-3H3,(H,27,28). The Balaban J connectivity index is 1.61. The molecule has 0 saturated carbocycles. The minimum Gasteiger partial charge on any atom is -0.497 e. The van der Waals surface area contributed by atoms with Crippen molar-refractivity contribution < 1.29 is 17.9 Å². The van der Waals surface area contributed by atoms with Gasteiger partial charge in [-0.15, -0.1) is 0 Å². The van der Waals surface area contributed by atoms with Gasteiger partial charge in [0.15, 0.2) is 0 Å². The SMILES string of the molecule is COc1ccc2nc(C)cc(Nc3ccc(S(=O)(=O)c4ccc(CC(C)=O)cc4)cc3)c2c1. The van der Waals surface area contributed by atoms with E-state index >= 15 is 0 Å². The lowest BCUT2D eigenvalue weighted by Crippen LogP contribution is -2.03. The molecule has 0 bridgehead atoms. The third-order valence-corrected chi connectivity index (χ3v) is 7.06. The number of sulfone groups is 1. The Kier molecular flexibility index (Phi) is 6.16. The van der Waals surface area contributed by atoms with E-state index in [1.54, 1.807) is 55.6 Å². The van der Waals surface area contributed by atoms with E-state index in [9.17, 15) is 13.2 Å². The number of carbonyl (C=O) groups is 1. The van der Waals surface area contributed by atoms with E-state index < -0.39 is 9.84 Å². The van der Waals surface area contributed by atoms with Crippen molar-refractivity contribution in [2.24, 2.45) is 0 Å². The molecule has 0 fully saturated rings. The highest BCUT2D eigenvalue weighted by Crippen LogP contribution is 2.30. The largest absolute Gasteiger partial charge is 0.497 e. The second-order valence-corrected chi connectivity index (χ2v) is 9.82. The van der Waals surface area contributed by atoms with Crippen LogP contribution < -0.4 is 10.1 Å². The van der Waals surface area contributed by atoms with Crippen molar-refractivity contribution in [1.29, 1.82) is 0 Å². The first-order valence-corrected chi connectivity index (χ1v) is 11.9. The molecule has 33 heavy (non-hydrogen) atoms. The van der Waals surface area contributed by atoms with Crippen LogP contribution >= 0.6 is 0 Å². The van der Waals surface area contributed by atoms with Gasteiger partial charge >= 0.3 is 0 Å². The Morgan fingerprint density at radius 3 is 2.18 bits per heavy atom. The maximum Gasteiger partial charge on any atom is 0.206 e. The predicted octanol–water partition coefficient (Wildman–Crippen LogP) is 5.26. The molecule has 1 heterocycles. The van der Waals surface area contributed by atoms with Crippen molar-refractivity contribution in [3.05, 3.63) is 84.1 Å². The number of hydrogen-bond acceptors (Lipinski definition) is 6. The van der Waals surface area contributed by atoms with Crippen molar-refractivity contribution >= 4 is 37.9 Å². The molecule has 0 unspecified atom stereocenters. The molecule has 168 valence electrons. The number of benzene rings is 3. The van der Waals surface area contributed by atoms with Crippen LogP contribution in [0.5, 0.6) is 5.75 Å². The summed E-state index contributed by atoms with van der Waals surface area (Å²) in [4.78, 5) is 16.2. The van der Waals surface area contributed by atoms with Crippen LogP contribution in [0.15, 0.2) is 82.6 Å². The molecular formula is C26H24N2O4S. The smallest absolute Gasteiger partial charge is 0.206 e. The summed E-state index contributed by atoms with van der Waals surface area (Å²) in [6.07, 6.45) is 0.287. The molecule has 3 aromatic carbocycles. The summed E-state index contributed by atoms with van der Waals surface area (Å²) in [6, 6.07) is 20.7. The number of rotatable bonds is 7. The lowest BCUT2D eigenvalue weighted by molar-refractivity contribution is -0.116. The number of methoxy groups -OCH3 is 1. The van der Waals surface area contributed by atoms with E-state index in [0.29, 0.717) is 0 Å². The van der Waals surface area contributed by atoms with Gasteiger partial charge < -0.3 is 10.1 Å². The van der Waals surface area contributed by atoms with E-state index in [0.717, 1.165) is 39.3 Å². The van der Waals surface area contributed by atoms with E-state index in [1.807, 2.05) is 31.2 Å². The van der Waals surface area contributed by atoms with E-state index in [4.69, 9.17) is 4.74 Å². The monoisotopic (exact) mass is 460 g/mol. The van der Waals surface area contributed by atoms with Gasteiger partial charge in [0.05, 0.1) is 22.4 Å². The molecule has 1 N–H and O–H groups in total. The van der Waals surface area contributed by atoms with Crippen LogP contribution in [0, 0.1) is 6.92 Å². The van der Waals surface area contributed by atoms with Gasteiger partial charge in [0.25, 0.3) is 0 Å². The van der Waals surface area contributed by atoms with E-state index in [-0.39, 0.29) is 22.0 Å². The van der Waals surface area contributed by atoms with Crippen LogP contribution in [0.4, 0.5) is 11.4 Å². The molecule has 0 spiro atoms. The van der Waals surface area contributed by atoms with Crippen LogP contribution in [0.2, 0.25) is 0 Å². The molecule has 7 heteroatoms. The fraction of sp³-hybridized carbons (Fsp3) is 0.154. The highest BCUT2D eigenvalue weighted by molar-refractivity contribution is 7.91. The molecule has 0 atom stereocenters. The Bertz CT molecular complexity index is 1430. The van der Waals surface area contributed by atoms with Crippen molar-refractivity contribution in [3.63, 3.8) is 0 Å². The zero-order chi connectivity index (χ0) is 23.6. The van der Waals surface area contributed by atoms with Gasteiger partial charge in [-0.25, -0.2) is 8.42 Å². The van der Waals surface area contributed by atoms with Crippen molar-refractivity contribution in [2.45, 2.75) is 30.1 Å². The highest BCUT2D eigenvalue weighted by Gasteiger charge is 2.18. The maximum atomic E-state index is 13.0. The number of nitrogens with zero attached hydrogens (tertiary/aromatic N) is 1. The fourth-order valence-corrected chi connectivity index (χ4v) is 4.91. The van der Waals surface area contributed by atoms with Gasteiger partial charge in [-0.2, -0.15) is 0 Å². The van der Waals surface area contributed by atoms with Crippen LogP contribution in [-0.2, 0) is 21.1 Å². The molecule has 0 radical (unpaired) electrons. The number of nitrogens with one attached hydrogen (secondary N) is 1. The second-order valence-electron chi connectivity index (χ2n) is 7.87. The maximum absolute atomic E-state index is 13.0. The van der Waals surface area contributed by atoms with Gasteiger partial charge in [0.2, 0.25) is 9.84 Å². The summed E-state index contributed by atoms with van der Waals surface area (Å²) in [5, 5.41) is 4.27. The minimum atomic E-state index is -3.66. The highest BCUT2D eigenvalue weighted by atomic mass is 32.2. The first-order valence-electron chi connectivity index (χ1n) is 10.4. The van der Waals surface area contributed by atoms with Gasteiger partial charge in [-0.1, -0.05) is 12.1 Å². The number of aryl methyl sites for hydroxylation is 1. The van der Waals surface area contributed by atoms with Gasteiger partial charge in [-0.3, -0.25) is 9.78 Å². The number of Topliss-reactive ketones (excluding diaryl/α,β-unsaturated/α-hetero) is 1. The van der Waals surface area contributed by atoms with Crippen LogP contribution in [0.25, 0.3) is 10.9 Å². The topological polar surface area (TPSA) is 85.4 Å². The number of ether oxygens (including phenoxy) is 1. The zero-order valence-corrected chi connectivity index (χ0v) is 19.4. The first kappa shape index (κ1) is 22.5. The Labute approximate surface area is 193 Å². The lowest BCUT2D eigenvalue weighted by Gasteiger charge is -2.13. The molecule has 1 aromatic heterocycles. The third-order valence-electron chi connectivity index (χ3n) is 5.27. The average molecular weight is 461 g/mol. The molecule has 4 aromatic rings. The number of fused-ring (bicyclic) bond motifs is 1. The zero-order valence-electron chi connectivity index (χ0n) is 18.6. The van der Waals surface area contributed by atoms with E-state index in [1.165, 1.54) is 6.92 Å². The van der Waals surface area contributed by atoms with Gasteiger partial charge in [-0.05, 0) is 80.1 Å². The molecule has 0 saturated heterocycles. The molecule has 0 amide bonds. The number of hydrogen-bond donors (Lipinski definition) is 1. The van der Waals surface area contributed by atoms with E-state index in [2.05, 4.69) is 10.3 Å². The Morgan fingerprint density at radius 2 is 1.58 bits per heavy atom. The fourth-order valence-electron chi connectivity index (χ4n) is 3.65. The number of anilines is 2. The summed E-state index contributed by atoms with van der Waals surface area (Å²) < 4.78 is 31.4. The lowest BCUT2D eigenvalue weighted by atomic mass is 10.1. The average Bonchev–Trinajstić information content (AvgIpc) is 2.79. The molecular weight excluding hydrogens is 436 g/mol. The number of ketones is 1. The summed E-state index contributed by atoms with van der Waals surface area (Å²) in [6.45, 7) is 3.43. The summed E-state index contributed by atoms with van der Waals surface area (Å²) in [7, 11) is -2.05. The summed E-state index contributed by atoms with van der Waals surface area (Å²) >= 11 is 0. The van der Waals surface area contributed by atoms with Crippen molar-refractivity contribution in [1.82, 2.24) is 4.98 Å². The van der Waals surface area contributed by atoms with Crippen LogP contribution in [0.3, 0.4) is 0 Å². The second kappa shape index (κ2) is 9.03. The van der Waals surface area contributed by atoms with Crippen LogP contribution in [-0.4, -0.2) is 26.3 Å². The molecule has 4 rings (SSSR count). The quantitative estimate of drug-likeness (QED) is 0.405. The Hall–Kier alpha value is -3.71. The first-order chi connectivity index (χ1) is 15.8. The normalized spacial score (nSPS) is 11.4. The molecule has 0 aliphatic heterocycles. The minimum absolute atomic E-state index is 0.0318. The van der Waals surface area contributed by atoms with Crippen molar-refractivity contribution in [2.75, 3.05) is 12.4 Å². The van der Waals surface area contributed by atoms with Gasteiger partial charge in [0, 0.05) is 28.9 Å². The van der Waals surface area contributed by atoms with Crippen LogP contribution in [0.1, 0.15) is 18.2 Å². The Morgan fingerprint density at radius 1 is 0.939 bits per heavy atom.